The molecule has 25 heavy (non-hydrogen) atoms. The van der Waals surface area contributed by atoms with E-state index in [9.17, 15) is 14.7 Å². The van der Waals surface area contributed by atoms with Gasteiger partial charge in [0.25, 0.3) is 5.91 Å². The quantitative estimate of drug-likeness (QED) is 0.651. The number of benzene rings is 2. The van der Waals surface area contributed by atoms with E-state index < -0.39 is 11.9 Å². The molecule has 3 rings (SSSR count). The predicted molar refractivity (Wildman–Crippen MR) is 94.2 cm³/mol. The second-order valence-corrected chi connectivity index (χ2v) is 5.73. The van der Waals surface area contributed by atoms with Crippen LogP contribution in [0.2, 0.25) is 5.02 Å². The van der Waals surface area contributed by atoms with E-state index in [4.69, 9.17) is 11.6 Å². The molecular weight excluding hydrogens is 342 g/mol. The van der Waals surface area contributed by atoms with E-state index >= 15 is 0 Å². The SMILES string of the molecule is O=C(Nc1[nH]nc(C(=O)O)c1Cc1ccccc1)c1ccccc1Cl. The van der Waals surface area contributed by atoms with Crippen LogP contribution in [0.25, 0.3) is 0 Å². The lowest BCUT2D eigenvalue weighted by Crippen LogP contribution is -2.14. The highest BCUT2D eigenvalue weighted by Crippen LogP contribution is 2.23. The first-order valence-electron chi connectivity index (χ1n) is 7.46. The summed E-state index contributed by atoms with van der Waals surface area (Å²) in [5.74, 6) is -1.37. The van der Waals surface area contributed by atoms with Gasteiger partial charge in [-0.05, 0) is 17.7 Å². The summed E-state index contributed by atoms with van der Waals surface area (Å²) in [6.07, 6.45) is 0.317. The summed E-state index contributed by atoms with van der Waals surface area (Å²) >= 11 is 6.03. The highest BCUT2D eigenvalue weighted by molar-refractivity contribution is 6.34. The predicted octanol–water partition coefficient (Wildman–Crippen LogP) is 3.60. The average molecular weight is 356 g/mol. The van der Waals surface area contributed by atoms with Crippen molar-refractivity contribution in [2.24, 2.45) is 0 Å². The van der Waals surface area contributed by atoms with Crippen molar-refractivity contribution in [1.82, 2.24) is 10.2 Å². The molecule has 7 heteroatoms. The normalized spacial score (nSPS) is 10.4. The molecule has 0 spiro atoms. The number of amides is 1. The molecule has 1 amide bonds. The fourth-order valence-corrected chi connectivity index (χ4v) is 2.67. The van der Waals surface area contributed by atoms with Gasteiger partial charge in [-0.3, -0.25) is 9.89 Å². The zero-order chi connectivity index (χ0) is 17.8. The molecule has 1 heterocycles. The number of rotatable bonds is 5. The Kier molecular flexibility index (Phi) is 4.81. The molecule has 0 aliphatic rings. The minimum Gasteiger partial charge on any atom is -0.476 e. The summed E-state index contributed by atoms with van der Waals surface area (Å²) < 4.78 is 0. The summed E-state index contributed by atoms with van der Waals surface area (Å²) in [6, 6.07) is 15.9. The van der Waals surface area contributed by atoms with Gasteiger partial charge in [-0.25, -0.2) is 4.79 Å². The number of carboxylic acids is 1. The van der Waals surface area contributed by atoms with Crippen molar-refractivity contribution >= 4 is 29.3 Å². The van der Waals surface area contributed by atoms with Gasteiger partial charge >= 0.3 is 5.97 Å². The second-order valence-electron chi connectivity index (χ2n) is 5.33. The standard InChI is InChI=1S/C18H14ClN3O3/c19-14-9-5-4-8-12(14)17(23)20-16-13(15(18(24)25)21-22-16)10-11-6-2-1-3-7-11/h1-9H,10H2,(H,24,25)(H2,20,21,22,23). The number of hydrogen-bond acceptors (Lipinski definition) is 3. The first kappa shape index (κ1) is 16.7. The van der Waals surface area contributed by atoms with Crippen molar-refractivity contribution in [3.05, 3.63) is 82.0 Å². The molecular formula is C18H14ClN3O3. The number of anilines is 1. The molecule has 6 nitrogen and oxygen atoms in total. The molecule has 3 aromatic rings. The van der Waals surface area contributed by atoms with Gasteiger partial charge in [0.1, 0.15) is 5.82 Å². The lowest BCUT2D eigenvalue weighted by Gasteiger charge is -2.08. The van der Waals surface area contributed by atoms with E-state index in [2.05, 4.69) is 15.5 Å². The van der Waals surface area contributed by atoms with E-state index in [0.717, 1.165) is 5.56 Å². The van der Waals surface area contributed by atoms with Crippen LogP contribution in [-0.4, -0.2) is 27.2 Å². The zero-order valence-electron chi connectivity index (χ0n) is 13.0. The summed E-state index contributed by atoms with van der Waals surface area (Å²) in [5, 5.41) is 18.7. The van der Waals surface area contributed by atoms with Gasteiger partial charge in [0.05, 0.1) is 10.6 Å². The molecule has 0 unspecified atom stereocenters. The smallest absolute Gasteiger partial charge is 0.356 e. The number of aromatic amines is 1. The summed E-state index contributed by atoms with van der Waals surface area (Å²) in [5.41, 5.74) is 1.47. The third kappa shape index (κ3) is 3.70. The number of halogens is 1. The van der Waals surface area contributed by atoms with Crippen molar-refractivity contribution < 1.29 is 14.7 Å². The van der Waals surface area contributed by atoms with E-state index in [-0.39, 0.29) is 11.5 Å². The van der Waals surface area contributed by atoms with Gasteiger partial charge in [-0.15, -0.1) is 0 Å². The van der Waals surface area contributed by atoms with E-state index in [1.54, 1.807) is 24.3 Å². The first-order chi connectivity index (χ1) is 12.1. The molecule has 0 radical (unpaired) electrons. The largest absolute Gasteiger partial charge is 0.476 e. The maximum atomic E-state index is 12.4. The Hall–Kier alpha value is -3.12. The third-order valence-electron chi connectivity index (χ3n) is 3.65. The molecule has 0 atom stereocenters. The van der Waals surface area contributed by atoms with Crippen molar-refractivity contribution in [1.29, 1.82) is 0 Å². The minimum absolute atomic E-state index is 0.127. The van der Waals surface area contributed by atoms with Crippen LogP contribution in [0, 0.1) is 0 Å². The van der Waals surface area contributed by atoms with Gasteiger partial charge in [-0.2, -0.15) is 5.10 Å². The highest BCUT2D eigenvalue weighted by atomic mass is 35.5. The molecule has 1 aromatic heterocycles. The number of nitrogens with one attached hydrogen (secondary N) is 2. The van der Waals surface area contributed by atoms with Crippen LogP contribution >= 0.6 is 11.6 Å². The fourth-order valence-electron chi connectivity index (χ4n) is 2.44. The summed E-state index contributed by atoms with van der Waals surface area (Å²) in [7, 11) is 0. The Labute approximate surface area is 148 Å². The highest BCUT2D eigenvalue weighted by Gasteiger charge is 2.21. The van der Waals surface area contributed by atoms with Crippen molar-refractivity contribution in [2.75, 3.05) is 5.32 Å². The van der Waals surface area contributed by atoms with Crippen LogP contribution in [-0.2, 0) is 6.42 Å². The number of aromatic carboxylic acids is 1. The Morgan fingerprint density at radius 2 is 1.76 bits per heavy atom. The van der Waals surface area contributed by atoms with Crippen LogP contribution < -0.4 is 5.32 Å². The number of aromatic nitrogens is 2. The van der Waals surface area contributed by atoms with E-state index in [1.807, 2.05) is 30.3 Å². The number of H-pyrrole nitrogens is 1. The maximum Gasteiger partial charge on any atom is 0.356 e. The van der Waals surface area contributed by atoms with Gasteiger partial charge in [0.2, 0.25) is 0 Å². The van der Waals surface area contributed by atoms with E-state index in [1.165, 1.54) is 0 Å². The Morgan fingerprint density at radius 1 is 1.08 bits per heavy atom. The Morgan fingerprint density at radius 3 is 2.44 bits per heavy atom. The lowest BCUT2D eigenvalue weighted by molar-refractivity contribution is 0.0689. The van der Waals surface area contributed by atoms with E-state index in [0.29, 0.717) is 22.6 Å². The van der Waals surface area contributed by atoms with Crippen molar-refractivity contribution in [2.45, 2.75) is 6.42 Å². The average Bonchev–Trinajstić information content (AvgIpc) is 2.99. The van der Waals surface area contributed by atoms with Crippen LogP contribution in [0.15, 0.2) is 54.6 Å². The number of carboxylic acid groups (broad SMARTS) is 1. The topological polar surface area (TPSA) is 95.1 Å². The maximum absolute atomic E-state index is 12.4. The van der Waals surface area contributed by atoms with Gasteiger partial charge < -0.3 is 10.4 Å². The number of carbonyl (C=O) groups excluding carboxylic acids is 1. The monoisotopic (exact) mass is 355 g/mol. The van der Waals surface area contributed by atoms with Crippen molar-refractivity contribution in [3.8, 4) is 0 Å². The van der Waals surface area contributed by atoms with Crippen LogP contribution in [0.1, 0.15) is 32.0 Å². The molecule has 0 saturated carbocycles. The minimum atomic E-state index is -1.17. The van der Waals surface area contributed by atoms with Gasteiger partial charge in [-0.1, -0.05) is 54.1 Å². The molecule has 0 saturated heterocycles. The third-order valence-corrected chi connectivity index (χ3v) is 3.98. The van der Waals surface area contributed by atoms with Gasteiger partial charge in [0, 0.05) is 12.0 Å². The molecule has 2 aromatic carbocycles. The number of hydrogen-bond donors (Lipinski definition) is 3. The Bertz CT molecular complexity index is 922. The van der Waals surface area contributed by atoms with Crippen LogP contribution in [0.5, 0.6) is 0 Å². The summed E-state index contributed by atoms with van der Waals surface area (Å²) in [6.45, 7) is 0. The first-order valence-corrected chi connectivity index (χ1v) is 7.84. The lowest BCUT2D eigenvalue weighted by atomic mass is 10.0. The summed E-state index contributed by atoms with van der Waals surface area (Å²) in [4.78, 5) is 23.8. The van der Waals surface area contributed by atoms with Crippen molar-refractivity contribution in [3.63, 3.8) is 0 Å². The second kappa shape index (κ2) is 7.19. The number of carbonyl (C=O) groups is 2. The van der Waals surface area contributed by atoms with Crippen LogP contribution in [0.4, 0.5) is 5.82 Å². The fraction of sp³-hybridized carbons (Fsp3) is 0.0556. The molecule has 0 aliphatic carbocycles. The number of nitrogens with zero attached hydrogens (tertiary/aromatic N) is 1. The Balaban J connectivity index is 1.92. The molecule has 0 aliphatic heterocycles. The molecule has 0 bridgehead atoms. The molecule has 0 fully saturated rings. The van der Waals surface area contributed by atoms with Gasteiger partial charge in [0.15, 0.2) is 5.69 Å². The van der Waals surface area contributed by atoms with Crippen LogP contribution in [0.3, 0.4) is 0 Å². The molecule has 126 valence electrons. The zero-order valence-corrected chi connectivity index (χ0v) is 13.7. The molecule has 3 N–H and O–H groups in total.